The molecule has 0 N–H and O–H groups in total. The summed E-state index contributed by atoms with van der Waals surface area (Å²) in [6, 6.07) is 8.85. The number of rotatable bonds is 7. The molecule has 0 radical (unpaired) electrons. The molecule has 0 aliphatic rings. The van der Waals surface area contributed by atoms with Gasteiger partial charge in [0.15, 0.2) is 18.1 Å². The van der Waals surface area contributed by atoms with Crippen molar-refractivity contribution in [2.45, 2.75) is 6.92 Å². The summed E-state index contributed by atoms with van der Waals surface area (Å²) in [4.78, 5) is 25.2. The molecule has 0 aliphatic carbocycles. The van der Waals surface area contributed by atoms with Gasteiger partial charge >= 0.3 is 5.97 Å². The first-order valence-corrected chi connectivity index (χ1v) is 8.01. The highest BCUT2D eigenvalue weighted by Crippen LogP contribution is 2.27. The van der Waals surface area contributed by atoms with Gasteiger partial charge in [-0.3, -0.25) is 4.79 Å². The van der Waals surface area contributed by atoms with Crippen LogP contribution in [0.3, 0.4) is 0 Å². The summed E-state index contributed by atoms with van der Waals surface area (Å²) < 4.78 is 15.3. The average Bonchev–Trinajstić information content (AvgIpc) is 3.04. The Morgan fingerprint density at radius 3 is 2.46 bits per heavy atom. The largest absolute Gasteiger partial charge is 0.493 e. The molecule has 0 amide bonds. The second-order valence-electron chi connectivity index (χ2n) is 4.89. The normalized spacial score (nSPS) is 10.6. The Hall–Kier alpha value is -2.60. The molecule has 1 aromatic carbocycles. The first kappa shape index (κ1) is 17.7. The van der Waals surface area contributed by atoms with E-state index in [9.17, 15) is 9.59 Å². The lowest BCUT2D eigenvalue weighted by Gasteiger charge is -2.07. The highest BCUT2D eigenvalue weighted by atomic mass is 32.1. The zero-order valence-electron chi connectivity index (χ0n) is 13.7. The van der Waals surface area contributed by atoms with Crippen LogP contribution in [0.1, 0.15) is 20.1 Å². The van der Waals surface area contributed by atoms with Crippen molar-refractivity contribution in [3.63, 3.8) is 0 Å². The van der Waals surface area contributed by atoms with Crippen molar-refractivity contribution in [3.8, 4) is 11.5 Å². The van der Waals surface area contributed by atoms with Gasteiger partial charge in [-0.25, -0.2) is 4.79 Å². The highest BCUT2D eigenvalue weighted by molar-refractivity contribution is 7.14. The number of carbonyl (C=O) groups is 2. The third-order valence-corrected chi connectivity index (χ3v) is 4.22. The van der Waals surface area contributed by atoms with Crippen LogP contribution >= 0.6 is 11.3 Å². The number of benzene rings is 1. The first-order valence-electron chi connectivity index (χ1n) is 7.20. The van der Waals surface area contributed by atoms with E-state index < -0.39 is 5.97 Å². The quantitative estimate of drug-likeness (QED) is 0.436. The van der Waals surface area contributed by atoms with Gasteiger partial charge in [0, 0.05) is 11.0 Å². The zero-order chi connectivity index (χ0) is 17.5. The van der Waals surface area contributed by atoms with Crippen molar-refractivity contribution < 1.29 is 23.8 Å². The lowest BCUT2D eigenvalue weighted by molar-refractivity contribution is -0.136. The molecule has 0 atom stereocenters. The molecule has 0 fully saturated rings. The van der Waals surface area contributed by atoms with Gasteiger partial charge in [0.05, 0.1) is 19.1 Å². The monoisotopic (exact) mass is 346 g/mol. The van der Waals surface area contributed by atoms with E-state index in [0.717, 1.165) is 10.4 Å². The minimum atomic E-state index is -0.577. The van der Waals surface area contributed by atoms with Gasteiger partial charge in [-0.05, 0) is 42.8 Å². The molecule has 0 aliphatic heterocycles. The Morgan fingerprint density at radius 2 is 1.83 bits per heavy atom. The van der Waals surface area contributed by atoms with E-state index in [1.54, 1.807) is 37.5 Å². The number of hydrogen-bond donors (Lipinski definition) is 0. The van der Waals surface area contributed by atoms with E-state index in [1.807, 2.05) is 13.0 Å². The lowest BCUT2D eigenvalue weighted by atomic mass is 10.2. The van der Waals surface area contributed by atoms with Crippen molar-refractivity contribution in [1.82, 2.24) is 0 Å². The van der Waals surface area contributed by atoms with Crippen LogP contribution in [0.15, 0.2) is 36.4 Å². The van der Waals surface area contributed by atoms with Crippen LogP contribution in [0.4, 0.5) is 0 Å². The van der Waals surface area contributed by atoms with Gasteiger partial charge in [0.25, 0.3) is 0 Å². The molecule has 2 aromatic rings. The number of esters is 1. The van der Waals surface area contributed by atoms with Crippen LogP contribution in [0.25, 0.3) is 6.08 Å². The fourth-order valence-corrected chi connectivity index (χ4v) is 2.75. The summed E-state index contributed by atoms with van der Waals surface area (Å²) in [6.45, 7) is 1.65. The van der Waals surface area contributed by atoms with Gasteiger partial charge in [0.2, 0.25) is 5.78 Å². The smallest absolute Gasteiger partial charge is 0.331 e. The molecule has 1 aromatic heterocycles. The predicted molar refractivity (Wildman–Crippen MR) is 92.9 cm³/mol. The number of ether oxygens (including phenoxy) is 3. The van der Waals surface area contributed by atoms with E-state index >= 15 is 0 Å². The zero-order valence-corrected chi connectivity index (χ0v) is 14.5. The maximum absolute atomic E-state index is 11.9. The molecule has 0 unspecified atom stereocenters. The van der Waals surface area contributed by atoms with E-state index in [4.69, 9.17) is 14.2 Å². The summed E-state index contributed by atoms with van der Waals surface area (Å²) in [5.41, 5.74) is 0.754. The predicted octanol–water partition coefficient (Wildman–Crippen LogP) is 3.51. The fraction of sp³-hybridized carbons (Fsp3) is 0.222. The Morgan fingerprint density at radius 1 is 1.08 bits per heavy atom. The van der Waals surface area contributed by atoms with Crippen molar-refractivity contribution in [2.24, 2.45) is 0 Å². The summed E-state index contributed by atoms with van der Waals surface area (Å²) >= 11 is 1.38. The molecule has 24 heavy (non-hydrogen) atoms. The van der Waals surface area contributed by atoms with Crippen molar-refractivity contribution in [2.75, 3.05) is 20.8 Å². The van der Waals surface area contributed by atoms with E-state index in [0.29, 0.717) is 16.4 Å². The van der Waals surface area contributed by atoms with Crippen molar-refractivity contribution in [1.29, 1.82) is 0 Å². The Labute approximate surface area is 144 Å². The van der Waals surface area contributed by atoms with E-state index in [2.05, 4.69) is 0 Å². The minimum Gasteiger partial charge on any atom is -0.493 e. The molecule has 0 bridgehead atoms. The van der Waals surface area contributed by atoms with Crippen molar-refractivity contribution >= 4 is 29.2 Å². The summed E-state index contributed by atoms with van der Waals surface area (Å²) in [5.74, 6) is 0.387. The third-order valence-electron chi connectivity index (χ3n) is 3.18. The van der Waals surface area contributed by atoms with Crippen molar-refractivity contribution in [3.05, 3.63) is 51.7 Å². The molecule has 5 nitrogen and oxygen atoms in total. The maximum atomic E-state index is 11.9. The number of Topliss-reactive ketones (excluding diaryl/α,β-unsaturated/α-hetero) is 1. The number of ketones is 1. The SMILES string of the molecule is COc1ccc(/C=C/C(=O)OCC(=O)c2ccc(C)s2)cc1OC. The number of methoxy groups -OCH3 is 2. The lowest BCUT2D eigenvalue weighted by Crippen LogP contribution is -2.11. The molecular weight excluding hydrogens is 328 g/mol. The number of hydrogen-bond acceptors (Lipinski definition) is 6. The van der Waals surface area contributed by atoms with Crippen LogP contribution in [0.5, 0.6) is 11.5 Å². The first-order chi connectivity index (χ1) is 11.5. The molecule has 6 heteroatoms. The molecule has 0 saturated carbocycles. The second kappa shape index (κ2) is 8.31. The third kappa shape index (κ3) is 4.70. The summed E-state index contributed by atoms with van der Waals surface area (Å²) in [5, 5.41) is 0. The van der Waals surface area contributed by atoms with Gasteiger partial charge in [-0.1, -0.05) is 6.07 Å². The second-order valence-corrected chi connectivity index (χ2v) is 6.18. The summed E-state index contributed by atoms with van der Waals surface area (Å²) in [7, 11) is 3.09. The molecule has 0 spiro atoms. The van der Waals surface area contributed by atoms with E-state index in [-0.39, 0.29) is 12.4 Å². The summed E-state index contributed by atoms with van der Waals surface area (Å²) in [6.07, 6.45) is 2.86. The number of carbonyl (C=O) groups excluding carboxylic acids is 2. The van der Waals surface area contributed by atoms with E-state index in [1.165, 1.54) is 24.5 Å². The van der Waals surface area contributed by atoms with Crippen LogP contribution in [0.2, 0.25) is 0 Å². The van der Waals surface area contributed by atoms with Gasteiger partial charge in [0.1, 0.15) is 0 Å². The van der Waals surface area contributed by atoms with Crippen LogP contribution < -0.4 is 9.47 Å². The number of aryl methyl sites for hydroxylation is 1. The molecule has 0 saturated heterocycles. The minimum absolute atomic E-state index is 0.207. The Kier molecular flexibility index (Phi) is 6.14. The standard InChI is InChI=1S/C18H18O5S/c1-12-4-8-17(24-12)14(19)11-23-18(20)9-6-13-5-7-15(21-2)16(10-13)22-3/h4-10H,11H2,1-3H3/b9-6+. The average molecular weight is 346 g/mol. The Balaban J connectivity index is 1.92. The van der Waals surface area contributed by atoms with Crippen LogP contribution in [-0.4, -0.2) is 32.6 Å². The fourth-order valence-electron chi connectivity index (χ4n) is 1.96. The topological polar surface area (TPSA) is 61.8 Å². The van der Waals surface area contributed by atoms with Gasteiger partial charge in [-0.15, -0.1) is 11.3 Å². The Bertz CT molecular complexity index is 761. The van der Waals surface area contributed by atoms with Crippen LogP contribution in [-0.2, 0) is 9.53 Å². The van der Waals surface area contributed by atoms with Gasteiger partial charge < -0.3 is 14.2 Å². The van der Waals surface area contributed by atoms with Gasteiger partial charge in [-0.2, -0.15) is 0 Å². The highest BCUT2D eigenvalue weighted by Gasteiger charge is 2.10. The molecular formula is C18H18O5S. The molecule has 126 valence electrons. The number of thiophene rings is 1. The molecule has 1 heterocycles. The maximum Gasteiger partial charge on any atom is 0.331 e. The molecule has 2 rings (SSSR count). The van der Waals surface area contributed by atoms with Crippen LogP contribution in [0, 0.1) is 6.92 Å².